The quantitative estimate of drug-likeness (QED) is 0.793. The van der Waals surface area contributed by atoms with E-state index in [1.807, 2.05) is 12.1 Å². The summed E-state index contributed by atoms with van der Waals surface area (Å²) in [6.45, 7) is 8.10. The van der Waals surface area contributed by atoms with Crippen LogP contribution in [-0.4, -0.2) is 19.6 Å². The molecule has 3 heteroatoms. The van der Waals surface area contributed by atoms with E-state index in [9.17, 15) is 4.39 Å². The Bertz CT molecular complexity index is 411. The van der Waals surface area contributed by atoms with Crippen molar-refractivity contribution in [2.45, 2.75) is 46.1 Å². The molecule has 112 valence electrons. The van der Waals surface area contributed by atoms with E-state index in [1.165, 1.54) is 19.3 Å². The maximum atomic E-state index is 14.3. The molecule has 0 saturated carbocycles. The summed E-state index contributed by atoms with van der Waals surface area (Å²) in [7, 11) is 0. The second-order valence-electron chi connectivity index (χ2n) is 5.80. The summed E-state index contributed by atoms with van der Waals surface area (Å²) in [5.41, 5.74) is 1.81. The summed E-state index contributed by atoms with van der Waals surface area (Å²) in [6.07, 6.45) is 4.73. The lowest BCUT2D eigenvalue weighted by Gasteiger charge is -2.33. The molecule has 0 amide bonds. The van der Waals surface area contributed by atoms with Crippen LogP contribution in [0.4, 0.5) is 10.1 Å². The third-order valence-electron chi connectivity index (χ3n) is 4.30. The normalized spacial score (nSPS) is 16.6. The van der Waals surface area contributed by atoms with Gasteiger partial charge in [-0.2, -0.15) is 0 Å². The fourth-order valence-corrected chi connectivity index (χ4v) is 2.91. The van der Waals surface area contributed by atoms with Gasteiger partial charge in [-0.1, -0.05) is 26.3 Å². The number of hydrogen-bond acceptors (Lipinski definition) is 2. The maximum Gasteiger partial charge on any atom is 0.146 e. The minimum Gasteiger partial charge on any atom is -0.369 e. The van der Waals surface area contributed by atoms with E-state index in [-0.39, 0.29) is 5.82 Å². The average molecular weight is 278 g/mol. The Hall–Kier alpha value is -1.09. The minimum absolute atomic E-state index is 0.0734. The molecule has 1 heterocycles. The molecule has 1 aliphatic heterocycles. The standard InChI is InChI=1S/C17H27FN2/c1-3-9-19-13-15-5-6-17(16(18)12-15)20-10-7-14(4-2)8-11-20/h5-6,12,14,19H,3-4,7-11,13H2,1-2H3. The fraction of sp³-hybridized carbons (Fsp3) is 0.647. The van der Waals surface area contributed by atoms with E-state index in [2.05, 4.69) is 24.1 Å². The van der Waals surface area contributed by atoms with E-state index in [1.54, 1.807) is 6.07 Å². The van der Waals surface area contributed by atoms with Gasteiger partial charge in [-0.3, -0.25) is 0 Å². The van der Waals surface area contributed by atoms with Crippen LogP contribution < -0.4 is 10.2 Å². The number of nitrogens with zero attached hydrogens (tertiary/aromatic N) is 1. The first-order chi connectivity index (χ1) is 9.74. The van der Waals surface area contributed by atoms with Crippen molar-refractivity contribution in [1.29, 1.82) is 0 Å². The average Bonchev–Trinajstić information content (AvgIpc) is 2.48. The van der Waals surface area contributed by atoms with Crippen LogP contribution in [0.5, 0.6) is 0 Å². The zero-order chi connectivity index (χ0) is 14.4. The molecule has 0 radical (unpaired) electrons. The zero-order valence-electron chi connectivity index (χ0n) is 12.8. The monoisotopic (exact) mass is 278 g/mol. The highest BCUT2D eigenvalue weighted by Gasteiger charge is 2.20. The van der Waals surface area contributed by atoms with E-state index in [0.717, 1.165) is 49.8 Å². The molecule has 1 fully saturated rings. The number of benzene rings is 1. The molecule has 20 heavy (non-hydrogen) atoms. The fourth-order valence-electron chi connectivity index (χ4n) is 2.91. The summed E-state index contributed by atoms with van der Waals surface area (Å²) in [4.78, 5) is 2.20. The number of hydrogen-bond donors (Lipinski definition) is 1. The van der Waals surface area contributed by atoms with Crippen molar-refractivity contribution in [2.24, 2.45) is 5.92 Å². The molecule has 2 nitrogen and oxygen atoms in total. The minimum atomic E-state index is -0.0734. The Balaban J connectivity index is 1.95. The van der Waals surface area contributed by atoms with Crippen LogP contribution >= 0.6 is 0 Å². The summed E-state index contributed by atoms with van der Waals surface area (Å²) < 4.78 is 14.3. The van der Waals surface area contributed by atoms with Crippen LogP contribution in [0.1, 0.15) is 45.1 Å². The van der Waals surface area contributed by atoms with Gasteiger partial charge in [-0.25, -0.2) is 4.39 Å². The van der Waals surface area contributed by atoms with Crippen LogP contribution in [0.3, 0.4) is 0 Å². The van der Waals surface area contributed by atoms with Crippen LogP contribution in [0, 0.1) is 11.7 Å². The highest BCUT2D eigenvalue weighted by molar-refractivity contribution is 5.49. The van der Waals surface area contributed by atoms with Gasteiger partial charge in [0.15, 0.2) is 0 Å². The number of rotatable bonds is 6. The number of anilines is 1. The Morgan fingerprint density at radius 3 is 2.60 bits per heavy atom. The summed E-state index contributed by atoms with van der Waals surface area (Å²) in [6, 6.07) is 5.68. The smallest absolute Gasteiger partial charge is 0.146 e. The molecule has 1 aromatic carbocycles. The van der Waals surface area contributed by atoms with Crippen LogP contribution in [0.25, 0.3) is 0 Å². The van der Waals surface area contributed by atoms with E-state index in [0.29, 0.717) is 0 Å². The van der Waals surface area contributed by atoms with Gasteiger partial charge in [0.1, 0.15) is 5.82 Å². The molecule has 1 aliphatic rings. The highest BCUT2D eigenvalue weighted by Crippen LogP contribution is 2.27. The van der Waals surface area contributed by atoms with Crippen molar-refractivity contribution in [3.8, 4) is 0 Å². The molecule has 1 N–H and O–H groups in total. The van der Waals surface area contributed by atoms with Crippen molar-refractivity contribution in [3.63, 3.8) is 0 Å². The Kier molecular flexibility index (Phi) is 5.84. The second-order valence-corrected chi connectivity index (χ2v) is 5.80. The zero-order valence-corrected chi connectivity index (χ0v) is 12.8. The predicted molar refractivity (Wildman–Crippen MR) is 83.6 cm³/mol. The van der Waals surface area contributed by atoms with Crippen molar-refractivity contribution in [1.82, 2.24) is 5.32 Å². The molecular weight excluding hydrogens is 251 g/mol. The number of piperidine rings is 1. The van der Waals surface area contributed by atoms with Gasteiger partial charge in [0.2, 0.25) is 0 Å². The molecule has 0 spiro atoms. The second kappa shape index (κ2) is 7.63. The molecule has 0 atom stereocenters. The molecule has 2 rings (SSSR count). The van der Waals surface area contributed by atoms with Gasteiger partial charge in [-0.15, -0.1) is 0 Å². The van der Waals surface area contributed by atoms with Crippen LogP contribution in [0.2, 0.25) is 0 Å². The Labute approximate surface area is 122 Å². The first kappa shape index (κ1) is 15.3. The summed E-state index contributed by atoms with van der Waals surface area (Å²) in [5, 5.41) is 3.31. The third-order valence-corrected chi connectivity index (χ3v) is 4.30. The van der Waals surface area contributed by atoms with Crippen molar-refractivity contribution in [3.05, 3.63) is 29.6 Å². The molecule has 1 aromatic rings. The predicted octanol–water partition coefficient (Wildman–Crippen LogP) is 3.95. The first-order valence-corrected chi connectivity index (χ1v) is 7.98. The Morgan fingerprint density at radius 2 is 2.00 bits per heavy atom. The molecular formula is C17H27FN2. The summed E-state index contributed by atoms with van der Waals surface area (Å²) in [5.74, 6) is 0.752. The molecule has 0 unspecified atom stereocenters. The van der Waals surface area contributed by atoms with Gasteiger partial charge in [0.25, 0.3) is 0 Å². The van der Waals surface area contributed by atoms with Gasteiger partial charge in [0.05, 0.1) is 5.69 Å². The van der Waals surface area contributed by atoms with Crippen molar-refractivity contribution < 1.29 is 4.39 Å². The van der Waals surface area contributed by atoms with E-state index in [4.69, 9.17) is 0 Å². The summed E-state index contributed by atoms with van der Waals surface area (Å²) >= 11 is 0. The molecule has 0 aromatic heterocycles. The third kappa shape index (κ3) is 3.95. The lowest BCUT2D eigenvalue weighted by molar-refractivity contribution is 0.392. The highest BCUT2D eigenvalue weighted by atomic mass is 19.1. The van der Waals surface area contributed by atoms with Gasteiger partial charge in [0, 0.05) is 19.6 Å². The molecule has 0 bridgehead atoms. The maximum absolute atomic E-state index is 14.3. The van der Waals surface area contributed by atoms with Crippen molar-refractivity contribution >= 4 is 5.69 Å². The first-order valence-electron chi connectivity index (χ1n) is 7.98. The lowest BCUT2D eigenvalue weighted by atomic mass is 9.94. The topological polar surface area (TPSA) is 15.3 Å². The van der Waals surface area contributed by atoms with E-state index < -0.39 is 0 Å². The van der Waals surface area contributed by atoms with Gasteiger partial charge >= 0.3 is 0 Å². The van der Waals surface area contributed by atoms with E-state index >= 15 is 0 Å². The van der Waals surface area contributed by atoms with Gasteiger partial charge in [-0.05, 0) is 49.4 Å². The molecule has 0 aliphatic carbocycles. The van der Waals surface area contributed by atoms with Crippen LogP contribution in [-0.2, 0) is 6.54 Å². The lowest BCUT2D eigenvalue weighted by Crippen LogP contribution is -2.34. The molecule has 1 saturated heterocycles. The SMILES string of the molecule is CCCNCc1ccc(N2CCC(CC)CC2)c(F)c1. The van der Waals surface area contributed by atoms with Gasteiger partial charge < -0.3 is 10.2 Å². The largest absolute Gasteiger partial charge is 0.369 e. The number of halogens is 1. The van der Waals surface area contributed by atoms with Crippen molar-refractivity contribution in [2.75, 3.05) is 24.5 Å². The number of nitrogens with one attached hydrogen (secondary N) is 1. The van der Waals surface area contributed by atoms with Crippen LogP contribution in [0.15, 0.2) is 18.2 Å². The Morgan fingerprint density at radius 1 is 1.25 bits per heavy atom.